The van der Waals surface area contributed by atoms with Crippen LogP contribution < -0.4 is 10.9 Å². The van der Waals surface area contributed by atoms with Crippen LogP contribution in [0.3, 0.4) is 0 Å². The number of nitrogens with one attached hydrogen (secondary N) is 1. The molecule has 27 heavy (non-hydrogen) atoms. The third-order valence-corrected chi connectivity index (χ3v) is 4.76. The molecule has 2 aromatic rings. The predicted octanol–water partition coefficient (Wildman–Crippen LogP) is 2.13. The molecule has 1 aliphatic carbocycles. The average molecular weight is 373 g/mol. The van der Waals surface area contributed by atoms with Gasteiger partial charge in [0.05, 0.1) is 5.92 Å². The summed E-state index contributed by atoms with van der Waals surface area (Å²) in [7, 11) is 0. The molecule has 142 valence electrons. The molecule has 0 saturated heterocycles. The second-order valence-corrected chi connectivity index (χ2v) is 6.58. The van der Waals surface area contributed by atoms with Crippen LogP contribution in [0.1, 0.15) is 42.6 Å². The zero-order valence-electron chi connectivity index (χ0n) is 14.6. The van der Waals surface area contributed by atoms with Gasteiger partial charge in [0.25, 0.3) is 11.5 Å². The largest absolute Gasteiger partial charge is 0.481 e. The second kappa shape index (κ2) is 8.11. The van der Waals surface area contributed by atoms with E-state index < -0.39 is 35.2 Å². The van der Waals surface area contributed by atoms with Gasteiger partial charge in [0.2, 0.25) is 0 Å². The van der Waals surface area contributed by atoms with Crippen LogP contribution in [0, 0.1) is 11.7 Å². The summed E-state index contributed by atoms with van der Waals surface area (Å²) in [5, 5.41) is 16.1. The molecule has 2 atom stereocenters. The van der Waals surface area contributed by atoms with E-state index in [1.54, 1.807) is 6.07 Å². The molecular weight excluding hydrogens is 353 g/mol. The molecule has 2 N–H and O–H groups in total. The predicted molar refractivity (Wildman–Crippen MR) is 95.3 cm³/mol. The molecule has 1 aromatic heterocycles. The van der Waals surface area contributed by atoms with E-state index in [1.165, 1.54) is 24.3 Å². The van der Waals surface area contributed by atoms with E-state index in [4.69, 9.17) is 0 Å². The van der Waals surface area contributed by atoms with E-state index in [9.17, 15) is 23.9 Å². The molecule has 7 nitrogen and oxygen atoms in total. The van der Waals surface area contributed by atoms with Gasteiger partial charge in [0.1, 0.15) is 17.2 Å². The Labute approximate surface area is 154 Å². The Morgan fingerprint density at radius 3 is 2.59 bits per heavy atom. The van der Waals surface area contributed by atoms with Crippen molar-refractivity contribution < 1.29 is 19.1 Å². The molecule has 3 rings (SSSR count). The topological polar surface area (TPSA) is 101 Å². The van der Waals surface area contributed by atoms with Gasteiger partial charge in [-0.05, 0) is 31.0 Å². The number of nitrogens with zero attached hydrogens (tertiary/aromatic N) is 2. The first-order valence-corrected chi connectivity index (χ1v) is 8.86. The van der Waals surface area contributed by atoms with Crippen molar-refractivity contribution in [1.82, 2.24) is 15.1 Å². The number of carboxylic acids is 1. The molecule has 1 saturated carbocycles. The van der Waals surface area contributed by atoms with Crippen molar-refractivity contribution in [3.05, 3.63) is 58.3 Å². The minimum atomic E-state index is -0.938. The maximum absolute atomic E-state index is 14.0. The van der Waals surface area contributed by atoms with Gasteiger partial charge in [0.15, 0.2) is 0 Å². The van der Waals surface area contributed by atoms with E-state index in [2.05, 4.69) is 10.4 Å². The van der Waals surface area contributed by atoms with Gasteiger partial charge in [-0.2, -0.15) is 9.78 Å². The Bertz CT molecular complexity index is 912. The lowest BCUT2D eigenvalue weighted by molar-refractivity contribution is -0.142. The lowest BCUT2D eigenvalue weighted by atomic mass is 9.95. The Morgan fingerprint density at radius 2 is 1.85 bits per heavy atom. The van der Waals surface area contributed by atoms with Crippen molar-refractivity contribution >= 4 is 11.9 Å². The van der Waals surface area contributed by atoms with Crippen LogP contribution in [-0.2, 0) is 4.79 Å². The monoisotopic (exact) mass is 373 g/mol. The summed E-state index contributed by atoms with van der Waals surface area (Å²) in [6, 6.07) is 7.50. The van der Waals surface area contributed by atoms with Crippen LogP contribution in [0.5, 0.6) is 0 Å². The van der Waals surface area contributed by atoms with Gasteiger partial charge in [-0.25, -0.2) is 4.39 Å². The van der Waals surface area contributed by atoms with Crippen LogP contribution in [0.2, 0.25) is 0 Å². The number of halogens is 1. The molecule has 0 radical (unpaired) electrons. The maximum Gasteiger partial charge on any atom is 0.308 e. The maximum atomic E-state index is 14.0. The molecule has 0 bridgehead atoms. The molecule has 1 heterocycles. The number of carbonyl (C=O) groups is 2. The summed E-state index contributed by atoms with van der Waals surface area (Å²) in [5.74, 6) is -2.82. The number of hydrogen-bond acceptors (Lipinski definition) is 4. The second-order valence-electron chi connectivity index (χ2n) is 6.58. The first-order chi connectivity index (χ1) is 13.0. The standard InChI is InChI=1S/C19H20FN3O4/c20-13-7-4-5-9-16(13)23-17(24)11-10-15(22-23)18(25)21-14-8-3-1-2-6-12(14)19(26)27/h4-5,7,9-12,14H,1-3,6,8H2,(H,21,25)(H,26,27)/t12-,14+/m1/s1. The molecular formula is C19H20FN3O4. The van der Waals surface area contributed by atoms with E-state index in [0.717, 1.165) is 30.0 Å². The lowest BCUT2D eigenvalue weighted by Gasteiger charge is -2.22. The third kappa shape index (κ3) is 4.21. The number of rotatable bonds is 4. The van der Waals surface area contributed by atoms with Gasteiger partial charge in [-0.1, -0.05) is 31.4 Å². The molecule has 1 aromatic carbocycles. The Hall–Kier alpha value is -3.03. The Kier molecular flexibility index (Phi) is 5.63. The zero-order valence-corrected chi connectivity index (χ0v) is 14.6. The van der Waals surface area contributed by atoms with Crippen molar-refractivity contribution in [2.45, 2.75) is 38.1 Å². The fraction of sp³-hybridized carbons (Fsp3) is 0.368. The fourth-order valence-corrected chi connectivity index (χ4v) is 3.35. The summed E-state index contributed by atoms with van der Waals surface area (Å²) in [6.45, 7) is 0. The quantitative estimate of drug-likeness (QED) is 0.800. The Morgan fingerprint density at radius 1 is 1.11 bits per heavy atom. The highest BCUT2D eigenvalue weighted by Crippen LogP contribution is 2.24. The van der Waals surface area contributed by atoms with Gasteiger partial charge >= 0.3 is 5.97 Å². The third-order valence-electron chi connectivity index (χ3n) is 4.76. The number of para-hydroxylation sites is 1. The van der Waals surface area contributed by atoms with Crippen LogP contribution in [0.15, 0.2) is 41.2 Å². The zero-order chi connectivity index (χ0) is 19.4. The molecule has 1 amide bonds. The van der Waals surface area contributed by atoms with Gasteiger partial charge < -0.3 is 10.4 Å². The van der Waals surface area contributed by atoms with Crippen LogP contribution in [0.25, 0.3) is 5.69 Å². The van der Waals surface area contributed by atoms with Gasteiger partial charge in [0, 0.05) is 12.1 Å². The first-order valence-electron chi connectivity index (χ1n) is 8.86. The molecule has 1 aliphatic rings. The summed E-state index contributed by atoms with van der Waals surface area (Å²) >= 11 is 0. The summed E-state index contributed by atoms with van der Waals surface area (Å²) in [5.41, 5.74) is -0.712. The molecule has 0 unspecified atom stereocenters. The van der Waals surface area contributed by atoms with E-state index in [1.807, 2.05) is 0 Å². The smallest absolute Gasteiger partial charge is 0.308 e. The SMILES string of the molecule is O=C(N[C@H]1CCCCC[C@H]1C(=O)O)c1ccc(=O)n(-c2ccccc2F)n1. The normalized spacial score (nSPS) is 19.9. The summed E-state index contributed by atoms with van der Waals surface area (Å²) in [6.07, 6.45) is 3.63. The minimum Gasteiger partial charge on any atom is -0.481 e. The van der Waals surface area contributed by atoms with E-state index >= 15 is 0 Å². The number of carboxylic acid groups (broad SMARTS) is 1. The highest BCUT2D eigenvalue weighted by atomic mass is 19.1. The molecule has 8 heteroatoms. The summed E-state index contributed by atoms with van der Waals surface area (Å²) < 4.78 is 14.8. The van der Waals surface area contributed by atoms with Crippen molar-refractivity contribution in [3.8, 4) is 5.69 Å². The number of aliphatic carboxylic acids is 1. The van der Waals surface area contributed by atoms with E-state index in [-0.39, 0.29) is 11.4 Å². The number of hydrogen-bond donors (Lipinski definition) is 2. The number of amides is 1. The number of aromatic nitrogens is 2. The van der Waals surface area contributed by atoms with E-state index in [0.29, 0.717) is 12.8 Å². The number of carbonyl (C=O) groups excluding carboxylic acids is 1. The average Bonchev–Trinajstić information content (AvgIpc) is 2.88. The highest BCUT2D eigenvalue weighted by Gasteiger charge is 2.31. The molecule has 0 spiro atoms. The fourth-order valence-electron chi connectivity index (χ4n) is 3.35. The van der Waals surface area contributed by atoms with Crippen molar-refractivity contribution in [3.63, 3.8) is 0 Å². The molecule has 1 fully saturated rings. The van der Waals surface area contributed by atoms with Crippen LogP contribution >= 0.6 is 0 Å². The van der Waals surface area contributed by atoms with Gasteiger partial charge in [-0.15, -0.1) is 0 Å². The van der Waals surface area contributed by atoms with Gasteiger partial charge in [-0.3, -0.25) is 14.4 Å². The number of benzene rings is 1. The minimum absolute atomic E-state index is 0.0602. The van der Waals surface area contributed by atoms with Crippen molar-refractivity contribution in [2.24, 2.45) is 5.92 Å². The Balaban J connectivity index is 1.87. The van der Waals surface area contributed by atoms with Crippen LogP contribution in [0.4, 0.5) is 4.39 Å². The van der Waals surface area contributed by atoms with Crippen LogP contribution in [-0.4, -0.2) is 32.8 Å². The first kappa shape index (κ1) is 18.8. The van der Waals surface area contributed by atoms with Crippen molar-refractivity contribution in [1.29, 1.82) is 0 Å². The lowest BCUT2D eigenvalue weighted by Crippen LogP contribution is -2.43. The molecule has 0 aliphatic heterocycles. The van der Waals surface area contributed by atoms with Crippen molar-refractivity contribution in [2.75, 3.05) is 0 Å². The summed E-state index contributed by atoms with van der Waals surface area (Å²) in [4.78, 5) is 36.1. The highest BCUT2D eigenvalue weighted by molar-refractivity contribution is 5.92.